The van der Waals surface area contributed by atoms with Gasteiger partial charge < -0.3 is 4.74 Å². The maximum atomic E-state index is 15.3. The Balaban J connectivity index is 1.71. The Kier molecular flexibility index (Phi) is 6.43. The van der Waals surface area contributed by atoms with Gasteiger partial charge in [0.05, 0.1) is 5.56 Å². The summed E-state index contributed by atoms with van der Waals surface area (Å²) in [6.07, 6.45) is -1.53. The lowest BCUT2D eigenvalue weighted by molar-refractivity contribution is -0.275. The molecule has 0 aliphatic heterocycles. The van der Waals surface area contributed by atoms with Crippen molar-refractivity contribution in [3.05, 3.63) is 88.0 Å². The van der Waals surface area contributed by atoms with Crippen LogP contribution in [0.25, 0.3) is 22.8 Å². The van der Waals surface area contributed by atoms with E-state index in [-0.39, 0.29) is 23.1 Å². The minimum atomic E-state index is -5.11. The van der Waals surface area contributed by atoms with Crippen molar-refractivity contribution in [2.75, 3.05) is 0 Å². The van der Waals surface area contributed by atoms with Crippen LogP contribution in [0.5, 0.6) is 5.75 Å². The second-order valence-electron chi connectivity index (χ2n) is 8.04. The zero-order valence-electron chi connectivity index (χ0n) is 18.0. The number of hydrogen-bond donors (Lipinski definition) is 0. The quantitative estimate of drug-likeness (QED) is 0.334. The monoisotopic (exact) mass is 480 g/mol. The highest BCUT2D eigenvalue weighted by Crippen LogP contribution is 2.39. The van der Waals surface area contributed by atoms with Crippen molar-refractivity contribution in [1.29, 1.82) is 0 Å². The predicted molar refractivity (Wildman–Crippen MR) is 115 cm³/mol. The van der Waals surface area contributed by atoms with Gasteiger partial charge in [-0.05, 0) is 71.4 Å². The molecule has 4 rings (SSSR count). The number of alkyl halides is 3. The second-order valence-corrected chi connectivity index (χ2v) is 8.04. The molecule has 0 saturated heterocycles. The van der Waals surface area contributed by atoms with E-state index in [4.69, 9.17) is 0 Å². The molecule has 178 valence electrons. The highest BCUT2D eigenvalue weighted by molar-refractivity contribution is 5.86. The molecular weight excluding hydrogens is 461 g/mol. The number of rotatable bonds is 5. The van der Waals surface area contributed by atoms with Crippen LogP contribution in [0.15, 0.2) is 42.5 Å². The van der Waals surface area contributed by atoms with Crippen LogP contribution < -0.4 is 4.74 Å². The molecule has 3 aromatic rings. The van der Waals surface area contributed by atoms with Crippen molar-refractivity contribution in [1.82, 2.24) is 0 Å². The summed E-state index contributed by atoms with van der Waals surface area (Å²) in [6.45, 7) is 1.99. The zero-order chi connectivity index (χ0) is 24.6. The number of fused-ring (bicyclic) bond motifs is 1. The number of hydrogen-bond acceptors (Lipinski definition) is 1. The van der Waals surface area contributed by atoms with Crippen molar-refractivity contribution in [3.8, 4) is 16.9 Å². The molecule has 0 saturated carbocycles. The third kappa shape index (κ3) is 4.81. The predicted octanol–water partition coefficient (Wildman–Crippen LogP) is 8.25. The fraction of sp³-hybridized carbons (Fsp3) is 0.231. The Morgan fingerprint density at radius 2 is 1.62 bits per heavy atom. The molecule has 1 aliphatic rings. The molecular formula is C26H19F7O. The van der Waals surface area contributed by atoms with Crippen LogP contribution in [0.3, 0.4) is 0 Å². The van der Waals surface area contributed by atoms with E-state index in [1.807, 2.05) is 13.0 Å². The smallest absolute Gasteiger partial charge is 0.403 e. The van der Waals surface area contributed by atoms with Gasteiger partial charge in [-0.2, -0.15) is 0 Å². The van der Waals surface area contributed by atoms with Crippen LogP contribution in [0.2, 0.25) is 0 Å². The van der Waals surface area contributed by atoms with E-state index in [9.17, 15) is 26.3 Å². The Bertz CT molecular complexity index is 1280. The molecule has 3 aromatic carbocycles. The Labute approximate surface area is 191 Å². The highest BCUT2D eigenvalue weighted by Gasteiger charge is 2.32. The van der Waals surface area contributed by atoms with Crippen molar-refractivity contribution in [3.63, 3.8) is 0 Å². The SMILES string of the molecule is CCCc1ccc(C2=Cc3cc(F)c(-c4ccc(OC(F)(F)F)c(F)c4)c(F)c3CC2)c(F)c1. The van der Waals surface area contributed by atoms with Crippen LogP contribution in [0, 0.1) is 23.3 Å². The molecule has 0 atom stereocenters. The van der Waals surface area contributed by atoms with E-state index in [1.165, 1.54) is 12.1 Å². The lowest BCUT2D eigenvalue weighted by Gasteiger charge is -2.20. The number of ether oxygens (including phenoxy) is 1. The number of aryl methyl sites for hydroxylation is 1. The van der Waals surface area contributed by atoms with Crippen LogP contribution >= 0.6 is 0 Å². The van der Waals surface area contributed by atoms with Gasteiger partial charge in [0.2, 0.25) is 0 Å². The van der Waals surface area contributed by atoms with Gasteiger partial charge in [0, 0.05) is 5.56 Å². The minimum Gasteiger partial charge on any atom is -0.403 e. The summed E-state index contributed by atoms with van der Waals surface area (Å²) >= 11 is 0. The van der Waals surface area contributed by atoms with E-state index < -0.39 is 40.9 Å². The molecule has 0 bridgehead atoms. The number of allylic oxidation sites excluding steroid dienone is 1. The topological polar surface area (TPSA) is 9.23 Å². The Morgan fingerprint density at radius 3 is 2.26 bits per heavy atom. The van der Waals surface area contributed by atoms with Gasteiger partial charge in [0.15, 0.2) is 11.6 Å². The maximum absolute atomic E-state index is 15.3. The molecule has 0 unspecified atom stereocenters. The van der Waals surface area contributed by atoms with Crippen LogP contribution in [-0.4, -0.2) is 6.36 Å². The summed E-state index contributed by atoms with van der Waals surface area (Å²) < 4.78 is 99.6. The summed E-state index contributed by atoms with van der Waals surface area (Å²) in [4.78, 5) is 0. The molecule has 0 aromatic heterocycles. The van der Waals surface area contributed by atoms with Crippen molar-refractivity contribution < 1.29 is 35.5 Å². The number of benzene rings is 3. The third-order valence-corrected chi connectivity index (χ3v) is 5.69. The second kappa shape index (κ2) is 9.16. The van der Waals surface area contributed by atoms with Crippen LogP contribution in [0.1, 0.15) is 42.0 Å². The summed E-state index contributed by atoms with van der Waals surface area (Å²) in [5.74, 6) is -4.87. The fourth-order valence-corrected chi connectivity index (χ4v) is 4.18. The Hall–Kier alpha value is -3.29. The molecule has 0 amide bonds. The largest absolute Gasteiger partial charge is 0.573 e. The van der Waals surface area contributed by atoms with Crippen LogP contribution in [0.4, 0.5) is 30.7 Å². The first-order chi connectivity index (χ1) is 16.1. The molecule has 0 fully saturated rings. The van der Waals surface area contributed by atoms with Gasteiger partial charge in [-0.15, -0.1) is 13.2 Å². The lowest BCUT2D eigenvalue weighted by atomic mass is 9.85. The van der Waals surface area contributed by atoms with Gasteiger partial charge in [-0.25, -0.2) is 17.6 Å². The molecule has 34 heavy (non-hydrogen) atoms. The average Bonchev–Trinajstić information content (AvgIpc) is 2.75. The maximum Gasteiger partial charge on any atom is 0.573 e. The van der Waals surface area contributed by atoms with Gasteiger partial charge in [0.25, 0.3) is 0 Å². The molecule has 0 heterocycles. The first kappa shape index (κ1) is 23.9. The lowest BCUT2D eigenvalue weighted by Crippen LogP contribution is -2.18. The molecule has 0 spiro atoms. The van der Waals surface area contributed by atoms with Gasteiger partial charge in [-0.1, -0.05) is 37.6 Å². The molecule has 1 nitrogen and oxygen atoms in total. The van der Waals surface area contributed by atoms with Crippen LogP contribution in [-0.2, 0) is 12.8 Å². The van der Waals surface area contributed by atoms with E-state index in [0.29, 0.717) is 29.7 Å². The first-order valence-electron chi connectivity index (χ1n) is 10.6. The van der Waals surface area contributed by atoms with Crippen molar-refractivity contribution in [2.45, 2.75) is 39.0 Å². The van der Waals surface area contributed by atoms with E-state index in [2.05, 4.69) is 4.74 Å². The molecule has 8 heteroatoms. The van der Waals surface area contributed by atoms with Crippen molar-refractivity contribution >= 4 is 11.6 Å². The van der Waals surface area contributed by atoms with Gasteiger partial charge in [0.1, 0.15) is 17.5 Å². The molecule has 1 aliphatic carbocycles. The number of halogens is 7. The van der Waals surface area contributed by atoms with E-state index >= 15 is 4.39 Å². The summed E-state index contributed by atoms with van der Waals surface area (Å²) in [7, 11) is 0. The fourth-order valence-electron chi connectivity index (χ4n) is 4.18. The summed E-state index contributed by atoms with van der Waals surface area (Å²) in [6, 6.07) is 8.21. The first-order valence-corrected chi connectivity index (χ1v) is 10.6. The van der Waals surface area contributed by atoms with E-state index in [0.717, 1.165) is 30.5 Å². The van der Waals surface area contributed by atoms with E-state index in [1.54, 1.807) is 6.07 Å². The third-order valence-electron chi connectivity index (χ3n) is 5.69. The van der Waals surface area contributed by atoms with Gasteiger partial charge in [-0.3, -0.25) is 0 Å². The normalized spacial score (nSPS) is 13.5. The average molecular weight is 480 g/mol. The molecule has 0 radical (unpaired) electrons. The standard InChI is InChI=1S/C26H19F7O/c1-2-3-14-4-7-18(20(27)10-14)15-5-8-19-17(11-15)13-22(29)24(25(19)30)16-6-9-23(21(28)12-16)34-26(31,32)33/h4,6-7,9-13H,2-3,5,8H2,1H3. The zero-order valence-corrected chi connectivity index (χ0v) is 18.0. The minimum absolute atomic E-state index is 0.147. The van der Waals surface area contributed by atoms with Crippen molar-refractivity contribution in [2.24, 2.45) is 0 Å². The Morgan fingerprint density at radius 1 is 0.853 bits per heavy atom. The molecule has 0 N–H and O–H groups in total. The van der Waals surface area contributed by atoms with Gasteiger partial charge >= 0.3 is 6.36 Å². The summed E-state index contributed by atoms with van der Waals surface area (Å²) in [5.41, 5.74) is 1.40. The summed E-state index contributed by atoms with van der Waals surface area (Å²) in [5, 5.41) is 0. The highest BCUT2D eigenvalue weighted by atomic mass is 19.4.